The van der Waals surface area contributed by atoms with Crippen LogP contribution in [0.4, 0.5) is 0 Å². The Labute approximate surface area is 125 Å². The van der Waals surface area contributed by atoms with Crippen molar-refractivity contribution in [2.75, 3.05) is 6.54 Å². The smallest absolute Gasteiger partial charge is 0.246 e. The van der Waals surface area contributed by atoms with Crippen LogP contribution in [-0.2, 0) is 22.7 Å². The lowest BCUT2D eigenvalue weighted by Gasteiger charge is -2.32. The minimum atomic E-state index is -0.478. The van der Waals surface area contributed by atoms with Gasteiger partial charge in [-0.3, -0.25) is 14.3 Å². The molecule has 0 saturated carbocycles. The van der Waals surface area contributed by atoms with E-state index < -0.39 is 6.04 Å². The summed E-state index contributed by atoms with van der Waals surface area (Å²) in [7, 11) is 0. The zero-order valence-corrected chi connectivity index (χ0v) is 13.2. The zero-order valence-electron chi connectivity index (χ0n) is 13.2. The van der Waals surface area contributed by atoms with Gasteiger partial charge in [-0.05, 0) is 12.3 Å². The van der Waals surface area contributed by atoms with E-state index in [0.29, 0.717) is 19.5 Å². The van der Waals surface area contributed by atoms with Crippen LogP contribution in [-0.4, -0.2) is 39.1 Å². The Bertz CT molecular complexity index is 530. The maximum Gasteiger partial charge on any atom is 0.246 e. The van der Waals surface area contributed by atoms with E-state index >= 15 is 0 Å². The Morgan fingerprint density at radius 2 is 2.10 bits per heavy atom. The number of aromatic nitrogens is 2. The molecule has 1 aromatic rings. The second kappa shape index (κ2) is 5.87. The Morgan fingerprint density at radius 1 is 1.38 bits per heavy atom. The minimum absolute atomic E-state index is 0.0161. The van der Waals surface area contributed by atoms with Gasteiger partial charge < -0.3 is 10.2 Å². The molecule has 1 N–H and O–H groups in total. The van der Waals surface area contributed by atoms with Crippen molar-refractivity contribution in [1.82, 2.24) is 20.0 Å². The third kappa shape index (κ3) is 3.62. The van der Waals surface area contributed by atoms with E-state index in [1.165, 1.54) is 0 Å². The number of aryl methyl sites for hydroxylation is 1. The van der Waals surface area contributed by atoms with Gasteiger partial charge in [0, 0.05) is 37.8 Å². The summed E-state index contributed by atoms with van der Waals surface area (Å²) in [4.78, 5) is 26.3. The molecule has 1 unspecified atom stereocenters. The van der Waals surface area contributed by atoms with Crippen LogP contribution in [0.1, 0.15) is 39.7 Å². The summed E-state index contributed by atoms with van der Waals surface area (Å²) in [6, 6.07) is -0.478. The molecule has 1 fully saturated rings. The van der Waals surface area contributed by atoms with Crippen LogP contribution in [0.2, 0.25) is 0 Å². The molecule has 1 aliphatic rings. The lowest BCUT2D eigenvalue weighted by atomic mass is 9.86. The number of nitrogens with zero attached hydrogens (tertiary/aromatic N) is 3. The van der Waals surface area contributed by atoms with Gasteiger partial charge in [-0.25, -0.2) is 0 Å². The Balaban J connectivity index is 2.17. The second-order valence-electron chi connectivity index (χ2n) is 6.58. The molecule has 2 rings (SSSR count). The molecule has 6 heteroatoms. The molecule has 0 spiro atoms. The number of nitrogens with one attached hydrogen (secondary N) is 1. The highest BCUT2D eigenvalue weighted by Crippen LogP contribution is 2.23. The normalized spacial score (nSPS) is 20.4. The summed E-state index contributed by atoms with van der Waals surface area (Å²) < 4.78 is 1.84. The molecule has 21 heavy (non-hydrogen) atoms. The molecule has 1 aliphatic heterocycles. The van der Waals surface area contributed by atoms with E-state index in [2.05, 4.69) is 10.4 Å². The third-order valence-electron chi connectivity index (χ3n) is 3.72. The maximum atomic E-state index is 12.7. The first-order valence-corrected chi connectivity index (χ1v) is 7.40. The fraction of sp³-hybridized carbons (Fsp3) is 0.667. The SMILES string of the molecule is CCn1cc(CN2CCC(=O)NC(C(C)(C)C)C2=O)cn1. The van der Waals surface area contributed by atoms with Gasteiger partial charge in [0.05, 0.1) is 6.20 Å². The summed E-state index contributed by atoms with van der Waals surface area (Å²) in [6.07, 6.45) is 4.07. The van der Waals surface area contributed by atoms with Gasteiger partial charge in [0.25, 0.3) is 0 Å². The van der Waals surface area contributed by atoms with Gasteiger partial charge in [-0.2, -0.15) is 5.10 Å². The van der Waals surface area contributed by atoms with Gasteiger partial charge in [0.2, 0.25) is 11.8 Å². The molecule has 116 valence electrons. The van der Waals surface area contributed by atoms with E-state index in [0.717, 1.165) is 12.1 Å². The van der Waals surface area contributed by atoms with Crippen molar-refractivity contribution in [3.8, 4) is 0 Å². The van der Waals surface area contributed by atoms with Gasteiger partial charge in [0.1, 0.15) is 6.04 Å². The van der Waals surface area contributed by atoms with Crippen LogP contribution >= 0.6 is 0 Å². The first kappa shape index (κ1) is 15.5. The summed E-state index contributed by atoms with van der Waals surface area (Å²) in [5.74, 6) is -0.0763. The van der Waals surface area contributed by atoms with Crippen LogP contribution < -0.4 is 5.32 Å². The predicted molar refractivity (Wildman–Crippen MR) is 79.3 cm³/mol. The quantitative estimate of drug-likeness (QED) is 0.909. The molecule has 0 radical (unpaired) electrons. The van der Waals surface area contributed by atoms with Crippen molar-refractivity contribution >= 4 is 11.8 Å². The molecular formula is C15H24N4O2. The molecule has 1 saturated heterocycles. The highest BCUT2D eigenvalue weighted by molar-refractivity contribution is 5.90. The van der Waals surface area contributed by atoms with E-state index in [9.17, 15) is 9.59 Å². The van der Waals surface area contributed by atoms with Crippen molar-refractivity contribution in [2.24, 2.45) is 5.41 Å². The van der Waals surface area contributed by atoms with Gasteiger partial charge in [-0.15, -0.1) is 0 Å². The number of hydrogen-bond acceptors (Lipinski definition) is 3. The predicted octanol–water partition coefficient (Wildman–Crippen LogP) is 1.17. The van der Waals surface area contributed by atoms with E-state index in [-0.39, 0.29) is 17.2 Å². The molecule has 2 heterocycles. The van der Waals surface area contributed by atoms with Crippen LogP contribution in [0.3, 0.4) is 0 Å². The van der Waals surface area contributed by atoms with Crippen molar-refractivity contribution in [2.45, 2.75) is 53.2 Å². The van der Waals surface area contributed by atoms with Crippen LogP contribution in [0.15, 0.2) is 12.4 Å². The first-order chi connectivity index (χ1) is 9.81. The van der Waals surface area contributed by atoms with Crippen LogP contribution in [0.25, 0.3) is 0 Å². The minimum Gasteiger partial charge on any atom is -0.344 e. The molecule has 0 aromatic carbocycles. The molecule has 1 atom stereocenters. The van der Waals surface area contributed by atoms with Crippen LogP contribution in [0.5, 0.6) is 0 Å². The van der Waals surface area contributed by atoms with Crippen molar-refractivity contribution in [3.05, 3.63) is 18.0 Å². The first-order valence-electron chi connectivity index (χ1n) is 7.40. The zero-order chi connectivity index (χ0) is 15.6. The van der Waals surface area contributed by atoms with E-state index in [1.807, 2.05) is 38.6 Å². The van der Waals surface area contributed by atoms with Crippen LogP contribution in [0, 0.1) is 5.41 Å². The third-order valence-corrected chi connectivity index (χ3v) is 3.72. The van der Waals surface area contributed by atoms with Gasteiger partial charge in [-0.1, -0.05) is 20.8 Å². The number of carbonyl (C=O) groups is 2. The molecule has 0 bridgehead atoms. The molecule has 0 aliphatic carbocycles. The van der Waals surface area contributed by atoms with Crippen molar-refractivity contribution in [1.29, 1.82) is 0 Å². The number of hydrogen-bond donors (Lipinski definition) is 1. The number of rotatable bonds is 3. The lowest BCUT2D eigenvalue weighted by molar-refractivity contribution is -0.136. The number of carbonyl (C=O) groups excluding carboxylic acids is 2. The van der Waals surface area contributed by atoms with E-state index in [4.69, 9.17) is 0 Å². The summed E-state index contributed by atoms with van der Waals surface area (Å²) in [5, 5.41) is 7.08. The van der Waals surface area contributed by atoms with E-state index in [1.54, 1.807) is 11.1 Å². The fourth-order valence-corrected chi connectivity index (χ4v) is 2.45. The monoisotopic (exact) mass is 292 g/mol. The Morgan fingerprint density at radius 3 is 2.67 bits per heavy atom. The molecule has 2 amide bonds. The van der Waals surface area contributed by atoms with Gasteiger partial charge in [0.15, 0.2) is 0 Å². The highest BCUT2D eigenvalue weighted by atomic mass is 16.2. The summed E-state index contributed by atoms with van der Waals surface area (Å²) >= 11 is 0. The van der Waals surface area contributed by atoms with Gasteiger partial charge >= 0.3 is 0 Å². The molecule has 6 nitrogen and oxygen atoms in total. The second-order valence-corrected chi connectivity index (χ2v) is 6.58. The average Bonchev–Trinajstić information content (AvgIpc) is 2.80. The largest absolute Gasteiger partial charge is 0.344 e. The Hall–Kier alpha value is -1.85. The van der Waals surface area contributed by atoms with Crippen molar-refractivity contribution < 1.29 is 9.59 Å². The summed E-state index contributed by atoms with van der Waals surface area (Å²) in [6.45, 7) is 9.68. The fourth-order valence-electron chi connectivity index (χ4n) is 2.45. The summed E-state index contributed by atoms with van der Waals surface area (Å²) in [5.41, 5.74) is 0.690. The maximum absolute atomic E-state index is 12.7. The highest BCUT2D eigenvalue weighted by Gasteiger charge is 2.37. The Kier molecular flexibility index (Phi) is 4.34. The topological polar surface area (TPSA) is 67.2 Å². The molecular weight excluding hydrogens is 268 g/mol. The number of amides is 2. The average molecular weight is 292 g/mol. The van der Waals surface area contributed by atoms with Crippen molar-refractivity contribution in [3.63, 3.8) is 0 Å². The standard InChI is InChI=1S/C15H24N4O2/c1-5-19-10-11(8-16-19)9-18-7-6-12(20)17-13(14(18)21)15(2,3)4/h8,10,13H,5-7,9H2,1-4H3,(H,17,20). The molecule has 1 aromatic heterocycles. The lowest BCUT2D eigenvalue weighted by Crippen LogP contribution is -2.51.